The quantitative estimate of drug-likeness (QED) is 0.769. The zero-order chi connectivity index (χ0) is 12.1. The molecule has 1 nitrogen and oxygen atoms in total. The first-order chi connectivity index (χ1) is 8.01. The number of nitrogens with zero attached hydrogens (tertiary/aromatic N) is 1. The minimum atomic E-state index is -4.02. The van der Waals surface area contributed by atoms with Crippen LogP contribution < -0.4 is 0 Å². The van der Waals surface area contributed by atoms with Crippen molar-refractivity contribution in [1.82, 2.24) is 4.90 Å². The maximum Gasteiger partial charge on any atom is 0.396 e. The van der Waals surface area contributed by atoms with Crippen LogP contribution in [0.25, 0.3) is 0 Å². The van der Waals surface area contributed by atoms with Gasteiger partial charge in [0.25, 0.3) is 0 Å². The molecule has 0 amide bonds. The molecule has 1 saturated carbocycles. The highest BCUT2D eigenvalue weighted by atomic mass is 19.4. The van der Waals surface area contributed by atoms with Gasteiger partial charge in [-0.2, -0.15) is 13.2 Å². The zero-order valence-electron chi connectivity index (χ0n) is 9.37. The van der Waals surface area contributed by atoms with Gasteiger partial charge in [-0.05, 0) is 17.9 Å². The number of rotatable bonds is 2. The zero-order valence-corrected chi connectivity index (χ0v) is 9.37. The molecule has 0 spiro atoms. The van der Waals surface area contributed by atoms with Crippen LogP contribution in [0.2, 0.25) is 0 Å². The van der Waals surface area contributed by atoms with E-state index in [1.54, 1.807) is 0 Å². The van der Waals surface area contributed by atoms with Crippen molar-refractivity contribution in [2.24, 2.45) is 11.3 Å². The van der Waals surface area contributed by atoms with Gasteiger partial charge in [-0.3, -0.25) is 4.90 Å². The molecule has 2 aliphatic rings. The molecule has 0 aromatic heterocycles. The van der Waals surface area contributed by atoms with Gasteiger partial charge in [0.05, 0.1) is 5.41 Å². The van der Waals surface area contributed by atoms with Gasteiger partial charge < -0.3 is 0 Å². The second kappa shape index (κ2) is 3.48. The van der Waals surface area contributed by atoms with E-state index >= 15 is 0 Å². The van der Waals surface area contributed by atoms with E-state index < -0.39 is 11.6 Å². The van der Waals surface area contributed by atoms with E-state index in [1.807, 2.05) is 35.2 Å². The third-order valence-electron chi connectivity index (χ3n) is 4.03. The molecule has 1 saturated heterocycles. The van der Waals surface area contributed by atoms with Crippen molar-refractivity contribution in [3.63, 3.8) is 0 Å². The van der Waals surface area contributed by atoms with Crippen molar-refractivity contribution in [3.8, 4) is 0 Å². The van der Waals surface area contributed by atoms with E-state index in [2.05, 4.69) is 0 Å². The second-order valence-electron chi connectivity index (χ2n) is 5.21. The summed E-state index contributed by atoms with van der Waals surface area (Å²) in [5.74, 6) is -0.161. The molecular weight excluding hydrogens is 227 g/mol. The Balaban J connectivity index is 1.67. The molecule has 2 atom stereocenters. The van der Waals surface area contributed by atoms with Crippen LogP contribution >= 0.6 is 0 Å². The summed E-state index contributed by atoms with van der Waals surface area (Å²) in [7, 11) is 0. The topological polar surface area (TPSA) is 3.24 Å². The second-order valence-corrected chi connectivity index (χ2v) is 5.21. The Hall–Kier alpha value is -1.03. The monoisotopic (exact) mass is 241 g/mol. The van der Waals surface area contributed by atoms with Gasteiger partial charge in [-0.15, -0.1) is 0 Å². The number of alkyl halides is 3. The van der Waals surface area contributed by atoms with Crippen LogP contribution in [0.3, 0.4) is 0 Å². The summed E-state index contributed by atoms with van der Waals surface area (Å²) in [5, 5.41) is 0. The molecule has 3 rings (SSSR count). The van der Waals surface area contributed by atoms with Gasteiger partial charge in [-0.25, -0.2) is 0 Å². The van der Waals surface area contributed by atoms with Crippen molar-refractivity contribution in [2.75, 3.05) is 13.1 Å². The van der Waals surface area contributed by atoms with Crippen molar-refractivity contribution >= 4 is 0 Å². The minimum Gasteiger partial charge on any atom is -0.298 e. The fourth-order valence-corrected chi connectivity index (χ4v) is 2.99. The van der Waals surface area contributed by atoms with Crippen molar-refractivity contribution < 1.29 is 13.2 Å². The van der Waals surface area contributed by atoms with Crippen molar-refractivity contribution in [3.05, 3.63) is 35.9 Å². The molecule has 0 N–H and O–H groups in total. The number of fused-ring (bicyclic) bond motifs is 1. The summed E-state index contributed by atoms with van der Waals surface area (Å²) in [4.78, 5) is 1.93. The third kappa shape index (κ3) is 1.75. The molecule has 2 fully saturated rings. The van der Waals surface area contributed by atoms with E-state index in [1.165, 1.54) is 0 Å². The molecule has 1 aliphatic carbocycles. The molecule has 4 heteroatoms. The van der Waals surface area contributed by atoms with E-state index in [0.717, 1.165) is 5.56 Å². The molecule has 1 aromatic rings. The molecule has 0 unspecified atom stereocenters. The van der Waals surface area contributed by atoms with Gasteiger partial charge in [-0.1, -0.05) is 30.3 Å². The highest BCUT2D eigenvalue weighted by molar-refractivity contribution is 5.18. The molecular formula is C13H14F3N. The third-order valence-corrected chi connectivity index (χ3v) is 4.03. The molecule has 92 valence electrons. The number of hydrogen-bond donors (Lipinski definition) is 0. The van der Waals surface area contributed by atoms with E-state index in [0.29, 0.717) is 19.5 Å². The summed E-state index contributed by atoms with van der Waals surface area (Å²) >= 11 is 0. The van der Waals surface area contributed by atoms with Crippen LogP contribution in [0.1, 0.15) is 12.0 Å². The average Bonchev–Trinajstić information content (AvgIpc) is 2.84. The Morgan fingerprint density at radius 2 is 1.94 bits per heavy atom. The average molecular weight is 241 g/mol. The molecule has 1 aliphatic heterocycles. The fourth-order valence-electron chi connectivity index (χ4n) is 2.99. The predicted molar refractivity (Wildman–Crippen MR) is 58.3 cm³/mol. The summed E-state index contributed by atoms with van der Waals surface area (Å²) in [5.41, 5.74) is -0.284. The summed E-state index contributed by atoms with van der Waals surface area (Å²) < 4.78 is 38.6. The number of halogens is 3. The lowest BCUT2D eigenvalue weighted by atomic mass is 10.1. The van der Waals surface area contributed by atoms with Crippen LogP contribution in [-0.4, -0.2) is 24.2 Å². The number of benzene rings is 1. The Labute approximate surface area is 98.2 Å². The van der Waals surface area contributed by atoms with Gasteiger partial charge in [0.2, 0.25) is 0 Å². The molecule has 1 aromatic carbocycles. The van der Waals surface area contributed by atoms with E-state index in [9.17, 15) is 13.2 Å². The van der Waals surface area contributed by atoms with E-state index in [4.69, 9.17) is 0 Å². The van der Waals surface area contributed by atoms with Crippen molar-refractivity contribution in [2.45, 2.75) is 19.1 Å². The van der Waals surface area contributed by atoms with Crippen LogP contribution in [0.4, 0.5) is 13.2 Å². The summed E-state index contributed by atoms with van der Waals surface area (Å²) in [6.07, 6.45) is -3.69. The summed E-state index contributed by atoms with van der Waals surface area (Å²) in [6.45, 7) is 1.40. The van der Waals surface area contributed by atoms with Crippen LogP contribution in [0.5, 0.6) is 0 Å². The molecule has 0 bridgehead atoms. The largest absolute Gasteiger partial charge is 0.396 e. The number of likely N-dealkylation sites (tertiary alicyclic amines) is 1. The Morgan fingerprint density at radius 1 is 1.24 bits per heavy atom. The highest BCUT2D eigenvalue weighted by Gasteiger charge is 2.73. The minimum absolute atomic E-state index is 0.161. The van der Waals surface area contributed by atoms with Crippen LogP contribution in [0.15, 0.2) is 30.3 Å². The van der Waals surface area contributed by atoms with Gasteiger partial charge in [0, 0.05) is 19.6 Å². The lowest BCUT2D eigenvalue weighted by Crippen LogP contribution is -2.32. The smallest absolute Gasteiger partial charge is 0.298 e. The first kappa shape index (κ1) is 11.1. The lowest BCUT2D eigenvalue weighted by Gasteiger charge is -2.22. The highest BCUT2D eigenvalue weighted by Crippen LogP contribution is 2.66. The maximum absolute atomic E-state index is 12.9. The molecule has 0 radical (unpaired) electrons. The Morgan fingerprint density at radius 3 is 2.53 bits per heavy atom. The maximum atomic E-state index is 12.9. The first-order valence-electron chi connectivity index (χ1n) is 5.84. The number of hydrogen-bond acceptors (Lipinski definition) is 1. The van der Waals surface area contributed by atoms with Gasteiger partial charge >= 0.3 is 6.18 Å². The summed E-state index contributed by atoms with van der Waals surface area (Å²) in [6, 6.07) is 9.69. The number of piperidine rings is 1. The van der Waals surface area contributed by atoms with Gasteiger partial charge in [0.15, 0.2) is 0 Å². The first-order valence-corrected chi connectivity index (χ1v) is 5.84. The van der Waals surface area contributed by atoms with E-state index in [-0.39, 0.29) is 12.5 Å². The molecule has 1 heterocycles. The normalized spacial score (nSPS) is 32.5. The van der Waals surface area contributed by atoms with Gasteiger partial charge in [0.1, 0.15) is 0 Å². The molecule has 17 heavy (non-hydrogen) atoms. The Bertz CT molecular complexity index is 414. The van der Waals surface area contributed by atoms with Crippen molar-refractivity contribution in [1.29, 1.82) is 0 Å². The predicted octanol–water partition coefficient (Wildman–Crippen LogP) is 3.07. The standard InChI is InChI=1S/C13H14F3N/c14-13(15,16)12-6-11(12)8-17(9-12)7-10-4-2-1-3-5-10/h1-5,11H,6-9H2/t11-,12+/m0/s1. The fraction of sp³-hybridized carbons (Fsp3) is 0.538. The SMILES string of the molecule is FC(F)(F)[C@@]12C[C@H]1CN(Cc1ccccc1)C2. The Kier molecular flexibility index (Phi) is 2.27. The van der Waals surface area contributed by atoms with Crippen LogP contribution in [-0.2, 0) is 6.54 Å². The van der Waals surface area contributed by atoms with Crippen LogP contribution in [0, 0.1) is 11.3 Å². The lowest BCUT2D eigenvalue weighted by molar-refractivity contribution is -0.188.